The number of hydrogen-bond donors (Lipinski definition) is 4. The van der Waals surface area contributed by atoms with Gasteiger partial charge in [0.2, 0.25) is 11.8 Å². The number of ether oxygens (including phenoxy) is 1. The van der Waals surface area contributed by atoms with Crippen LogP contribution in [0.4, 0.5) is 5.69 Å². The second kappa shape index (κ2) is 15.1. The summed E-state index contributed by atoms with van der Waals surface area (Å²) in [6.45, 7) is 3.40. The highest BCUT2D eigenvalue weighted by Crippen LogP contribution is 2.43. The van der Waals surface area contributed by atoms with Gasteiger partial charge in [0.25, 0.3) is 23.3 Å². The molecule has 5 amide bonds. The predicted octanol–water partition coefficient (Wildman–Crippen LogP) is 0.518. The van der Waals surface area contributed by atoms with E-state index in [1.165, 1.54) is 38.1 Å². The normalized spacial score (nSPS) is 17.6. The second-order valence-corrected chi connectivity index (χ2v) is 12.9. The van der Waals surface area contributed by atoms with E-state index in [1.807, 2.05) is 0 Å². The zero-order valence-corrected chi connectivity index (χ0v) is 28.8. The summed E-state index contributed by atoms with van der Waals surface area (Å²) in [5.41, 5.74) is 10.9. The minimum absolute atomic E-state index is 0.00913. The lowest BCUT2D eigenvalue weighted by molar-refractivity contribution is -0.157. The maximum Gasteiger partial charge on any atom is 0.352 e. The van der Waals surface area contributed by atoms with Crippen molar-refractivity contribution in [1.82, 2.24) is 19.8 Å². The van der Waals surface area contributed by atoms with Gasteiger partial charge in [0.15, 0.2) is 0 Å². The van der Waals surface area contributed by atoms with Crippen molar-refractivity contribution >= 4 is 58.9 Å². The number of amides is 5. The number of nitrogens with one attached hydrogen (secondary N) is 1. The maximum absolute atomic E-state index is 14.1. The average molecular weight is 732 g/mol. The number of β-lactam (4-membered cyclic amide) rings is 1. The van der Waals surface area contributed by atoms with Crippen molar-refractivity contribution in [2.24, 2.45) is 11.5 Å². The molecule has 2 aliphatic rings. The fraction of sp³-hybridized carbons (Fsp3) is 0.265. The van der Waals surface area contributed by atoms with E-state index in [2.05, 4.69) is 9.97 Å². The SMILES string of the molecule is CC(=O)OCC1=C(C(=O)O)N2C(=O)C(N(C(=O)c3cnc(-c4ccc(N(C(C)=O)C(=O)[C@H](C)N)cc4)[nH]c3=O)C(=O)C(N)c3ccccc3)[C@@H]2SC1. The number of nitrogens with zero attached hydrogens (tertiary/aromatic N) is 4. The van der Waals surface area contributed by atoms with Gasteiger partial charge >= 0.3 is 11.9 Å². The van der Waals surface area contributed by atoms with Gasteiger partial charge in [-0.3, -0.25) is 43.4 Å². The topological polar surface area (TPSA) is 256 Å². The Hall–Kier alpha value is -5.98. The lowest BCUT2D eigenvalue weighted by Gasteiger charge is -2.52. The molecular weight excluding hydrogens is 698 g/mol. The number of fused-ring (bicyclic) bond motifs is 1. The van der Waals surface area contributed by atoms with E-state index in [-0.39, 0.29) is 29.4 Å². The van der Waals surface area contributed by atoms with Gasteiger partial charge < -0.3 is 26.3 Å². The number of benzene rings is 2. The number of carbonyl (C=O) groups excluding carboxylic acids is 6. The molecule has 1 aromatic heterocycles. The van der Waals surface area contributed by atoms with E-state index in [0.29, 0.717) is 16.0 Å². The van der Waals surface area contributed by atoms with E-state index in [1.54, 1.807) is 30.3 Å². The third-order valence-electron chi connectivity index (χ3n) is 8.18. The number of rotatable bonds is 10. The molecule has 17 nitrogen and oxygen atoms in total. The van der Waals surface area contributed by atoms with Crippen LogP contribution in [0.25, 0.3) is 11.4 Å². The molecular formula is C34H33N7O10S. The summed E-state index contributed by atoms with van der Waals surface area (Å²) < 4.78 is 4.97. The molecule has 0 radical (unpaired) electrons. The molecule has 4 atom stereocenters. The first-order valence-corrected chi connectivity index (χ1v) is 16.7. The molecule has 2 aliphatic heterocycles. The number of hydrogen-bond acceptors (Lipinski definition) is 13. The fourth-order valence-electron chi connectivity index (χ4n) is 5.64. The first-order chi connectivity index (χ1) is 24.6. The van der Waals surface area contributed by atoms with Gasteiger partial charge in [-0.15, -0.1) is 11.8 Å². The molecule has 6 N–H and O–H groups in total. The third-order valence-corrected chi connectivity index (χ3v) is 9.51. The highest BCUT2D eigenvalue weighted by Gasteiger charge is 2.59. The van der Waals surface area contributed by atoms with Gasteiger partial charge in [-0.1, -0.05) is 30.3 Å². The molecule has 18 heteroatoms. The van der Waals surface area contributed by atoms with Crippen LogP contribution < -0.4 is 21.9 Å². The molecule has 1 fully saturated rings. The summed E-state index contributed by atoms with van der Waals surface area (Å²) >= 11 is 1.04. The molecule has 270 valence electrons. The Kier molecular flexibility index (Phi) is 10.8. The highest BCUT2D eigenvalue weighted by atomic mass is 32.2. The van der Waals surface area contributed by atoms with E-state index < -0.39 is 81.8 Å². The molecule has 1 saturated heterocycles. The van der Waals surface area contributed by atoms with Gasteiger partial charge in [0, 0.05) is 36.9 Å². The number of aromatic nitrogens is 2. The number of imide groups is 2. The van der Waals surface area contributed by atoms with Crippen LogP contribution >= 0.6 is 11.8 Å². The molecule has 0 aliphatic carbocycles. The molecule has 0 saturated carbocycles. The summed E-state index contributed by atoms with van der Waals surface area (Å²) in [7, 11) is 0. The fourth-order valence-corrected chi connectivity index (χ4v) is 7.01. The number of carboxylic acids is 1. The van der Waals surface area contributed by atoms with Gasteiger partial charge in [-0.2, -0.15) is 0 Å². The number of esters is 1. The van der Waals surface area contributed by atoms with Gasteiger partial charge in [-0.05, 0) is 36.8 Å². The highest BCUT2D eigenvalue weighted by molar-refractivity contribution is 8.00. The summed E-state index contributed by atoms with van der Waals surface area (Å²) in [5.74, 6) is -6.52. The molecule has 52 heavy (non-hydrogen) atoms. The van der Waals surface area contributed by atoms with E-state index in [9.17, 15) is 43.5 Å². The summed E-state index contributed by atoms with van der Waals surface area (Å²) in [6.07, 6.45) is 0.926. The maximum atomic E-state index is 14.1. The minimum atomic E-state index is -1.56. The van der Waals surface area contributed by atoms with Gasteiger partial charge in [0.05, 0.1) is 11.7 Å². The number of H-pyrrole nitrogens is 1. The van der Waals surface area contributed by atoms with Crippen LogP contribution in [0.1, 0.15) is 42.7 Å². The number of aliphatic carboxylic acids is 1. The molecule has 0 spiro atoms. The molecule has 2 unspecified atom stereocenters. The van der Waals surface area contributed by atoms with E-state index >= 15 is 0 Å². The Morgan fingerprint density at radius 3 is 2.23 bits per heavy atom. The van der Waals surface area contributed by atoms with Crippen LogP contribution in [0.2, 0.25) is 0 Å². The average Bonchev–Trinajstić information content (AvgIpc) is 3.11. The Morgan fingerprint density at radius 2 is 1.67 bits per heavy atom. The zero-order valence-electron chi connectivity index (χ0n) is 28.0. The smallest absolute Gasteiger partial charge is 0.352 e. The number of nitrogens with two attached hydrogens (primary N) is 2. The van der Waals surface area contributed by atoms with Crippen molar-refractivity contribution in [3.63, 3.8) is 0 Å². The van der Waals surface area contributed by atoms with Crippen molar-refractivity contribution in [3.05, 3.63) is 93.5 Å². The third kappa shape index (κ3) is 7.11. The lowest BCUT2D eigenvalue weighted by Crippen LogP contribution is -2.73. The Balaban J connectivity index is 1.49. The molecule has 3 aromatic rings. The lowest BCUT2D eigenvalue weighted by atomic mass is 9.98. The second-order valence-electron chi connectivity index (χ2n) is 11.8. The number of carbonyl (C=O) groups is 7. The van der Waals surface area contributed by atoms with Crippen molar-refractivity contribution in [2.75, 3.05) is 17.3 Å². The number of aromatic amines is 1. The van der Waals surface area contributed by atoms with Crippen LogP contribution in [-0.4, -0.2) is 96.2 Å². The quantitative estimate of drug-likeness (QED) is 0.164. The number of anilines is 1. The van der Waals surface area contributed by atoms with E-state index in [0.717, 1.165) is 34.7 Å². The zero-order chi connectivity index (χ0) is 38.0. The van der Waals surface area contributed by atoms with Crippen LogP contribution in [0.5, 0.6) is 0 Å². The first-order valence-electron chi connectivity index (χ1n) is 15.6. The van der Waals surface area contributed by atoms with Crippen LogP contribution in [-0.2, 0) is 33.5 Å². The van der Waals surface area contributed by atoms with Gasteiger partial charge in [0.1, 0.15) is 41.1 Å². The van der Waals surface area contributed by atoms with Crippen molar-refractivity contribution in [3.8, 4) is 11.4 Å². The summed E-state index contributed by atoms with van der Waals surface area (Å²) in [5, 5.41) is 8.92. The Labute approximate surface area is 299 Å². The molecule has 3 heterocycles. The predicted molar refractivity (Wildman–Crippen MR) is 185 cm³/mol. The first kappa shape index (κ1) is 37.3. The minimum Gasteiger partial charge on any atom is -0.477 e. The van der Waals surface area contributed by atoms with Crippen LogP contribution in [0.3, 0.4) is 0 Å². The van der Waals surface area contributed by atoms with Crippen molar-refractivity contribution < 1.29 is 43.4 Å². The van der Waals surface area contributed by atoms with Crippen molar-refractivity contribution in [2.45, 2.75) is 44.3 Å². The molecule has 0 bridgehead atoms. The molecule has 5 rings (SSSR count). The summed E-state index contributed by atoms with van der Waals surface area (Å²) in [6, 6.07) is 9.86. The Morgan fingerprint density at radius 1 is 1.02 bits per heavy atom. The van der Waals surface area contributed by atoms with Gasteiger partial charge in [-0.25, -0.2) is 14.7 Å². The molecule has 2 aromatic carbocycles. The number of thioether (sulfide) groups is 1. The number of carboxylic acid groups (broad SMARTS) is 1. The van der Waals surface area contributed by atoms with Crippen LogP contribution in [0.15, 0.2) is 76.9 Å². The largest absolute Gasteiger partial charge is 0.477 e. The van der Waals surface area contributed by atoms with E-state index in [4.69, 9.17) is 16.2 Å². The Bertz CT molecular complexity index is 2070. The standard InChI is InChI=1S/C34H33N7O10S/c1-16(35)29(45)39(17(2)42)22-11-9-20(10-12-22)27-37-13-23(28(44)38-27)30(46)40(31(47)24(36)19-7-5-4-6-8-19)26-32(48)41-25(34(49)50)21(14-51-18(3)43)15-52-33(26)41/h4-13,16,24,26,33H,14-15,35-36H2,1-3H3,(H,49,50)(H,37,38,44)/t16-,24?,26?,33-/m0/s1. The van der Waals surface area contributed by atoms with Crippen LogP contribution in [0, 0.1) is 0 Å². The summed E-state index contributed by atoms with van der Waals surface area (Å²) in [4.78, 5) is 113. The van der Waals surface area contributed by atoms with Crippen molar-refractivity contribution in [1.29, 1.82) is 0 Å². The monoisotopic (exact) mass is 731 g/mol.